The molecule has 0 radical (unpaired) electrons. The summed E-state index contributed by atoms with van der Waals surface area (Å²) in [7, 11) is 3.52. The van der Waals surface area contributed by atoms with Crippen LogP contribution in [0.2, 0.25) is 0 Å². The molecule has 0 saturated carbocycles. The second-order valence-electron chi connectivity index (χ2n) is 6.41. The molecule has 1 aliphatic heterocycles. The van der Waals surface area contributed by atoms with Gasteiger partial charge in [-0.15, -0.1) is 11.3 Å². The zero-order chi connectivity index (χ0) is 21.5. The van der Waals surface area contributed by atoms with Crippen LogP contribution in [-0.4, -0.2) is 67.9 Å². The van der Waals surface area contributed by atoms with Crippen LogP contribution in [0.25, 0.3) is 10.6 Å². The van der Waals surface area contributed by atoms with Gasteiger partial charge in [-0.3, -0.25) is 15.0 Å². The van der Waals surface area contributed by atoms with Crippen LogP contribution in [-0.2, 0) is 9.53 Å². The number of pyridine rings is 1. The Labute approximate surface area is 177 Å². The smallest absolute Gasteiger partial charge is 0.275 e. The number of anilines is 1. The van der Waals surface area contributed by atoms with Crippen LogP contribution < -0.4 is 20.9 Å². The SMILES string of the molecule is CN/C=C1/NC(=O)c2csc(n2)-c2ccnc(c2)N(C)CCOCCNC(=O)C1=N. The van der Waals surface area contributed by atoms with Crippen molar-refractivity contribution in [2.45, 2.75) is 0 Å². The van der Waals surface area contributed by atoms with Crippen molar-refractivity contribution in [2.24, 2.45) is 0 Å². The number of nitrogens with zero attached hydrogens (tertiary/aromatic N) is 3. The van der Waals surface area contributed by atoms with Gasteiger partial charge >= 0.3 is 0 Å². The zero-order valence-corrected chi connectivity index (χ0v) is 17.5. The average Bonchev–Trinajstić information content (AvgIpc) is 3.25. The highest BCUT2D eigenvalue weighted by molar-refractivity contribution is 7.13. The van der Waals surface area contributed by atoms with Crippen LogP contribution in [0.5, 0.6) is 0 Å². The standard InChI is InChI=1S/C19H23N7O3S/c1-21-10-13-16(20)18(28)23-5-7-29-8-6-26(2)15-9-12(3-4-22-15)19-25-14(11-30-19)17(27)24-13/h3-4,9-11,20-21H,5-8H2,1-2H3,(H,23,28)(H,24,27)/b13-10+,20-16?. The highest BCUT2D eigenvalue weighted by Gasteiger charge is 2.20. The summed E-state index contributed by atoms with van der Waals surface area (Å²) in [5.74, 6) is -0.358. The van der Waals surface area contributed by atoms with Crippen LogP contribution in [0, 0.1) is 5.41 Å². The van der Waals surface area contributed by atoms with Crippen molar-refractivity contribution in [3.63, 3.8) is 0 Å². The van der Waals surface area contributed by atoms with Gasteiger partial charge in [-0.2, -0.15) is 0 Å². The first-order valence-electron chi connectivity index (χ1n) is 9.26. The maximum atomic E-state index is 12.6. The average molecular weight is 430 g/mol. The van der Waals surface area contributed by atoms with Gasteiger partial charge in [0.2, 0.25) is 0 Å². The van der Waals surface area contributed by atoms with E-state index in [1.54, 1.807) is 18.6 Å². The van der Waals surface area contributed by atoms with E-state index in [1.165, 1.54) is 17.5 Å². The molecular weight excluding hydrogens is 406 g/mol. The van der Waals surface area contributed by atoms with E-state index in [2.05, 4.69) is 25.9 Å². The number of likely N-dealkylation sites (N-methyl/N-ethyl adjacent to an activating group) is 1. The predicted molar refractivity (Wildman–Crippen MR) is 115 cm³/mol. The Hall–Kier alpha value is -3.31. The zero-order valence-electron chi connectivity index (χ0n) is 16.7. The third kappa shape index (κ3) is 5.19. The minimum Gasteiger partial charge on any atom is -0.392 e. The Bertz CT molecular complexity index is 973. The first-order chi connectivity index (χ1) is 14.5. The molecule has 0 spiro atoms. The molecule has 1 aliphatic rings. The maximum absolute atomic E-state index is 12.6. The van der Waals surface area contributed by atoms with E-state index in [9.17, 15) is 9.59 Å². The molecule has 0 fully saturated rings. The maximum Gasteiger partial charge on any atom is 0.275 e. The van der Waals surface area contributed by atoms with Crippen molar-refractivity contribution in [2.75, 3.05) is 45.3 Å². The number of thiazole rings is 1. The molecule has 4 bridgehead atoms. The molecule has 0 unspecified atom stereocenters. The second-order valence-corrected chi connectivity index (χ2v) is 7.26. The van der Waals surface area contributed by atoms with Crippen molar-refractivity contribution >= 4 is 34.7 Å². The van der Waals surface area contributed by atoms with Gasteiger partial charge in [0, 0.05) is 50.5 Å². The Balaban J connectivity index is 1.91. The molecule has 3 rings (SSSR count). The molecule has 3 heterocycles. The van der Waals surface area contributed by atoms with Gasteiger partial charge in [-0.05, 0) is 12.1 Å². The molecule has 2 aromatic heterocycles. The summed E-state index contributed by atoms with van der Waals surface area (Å²) in [4.78, 5) is 35.6. The Kier molecular flexibility index (Phi) is 7.09. The fourth-order valence-corrected chi connectivity index (χ4v) is 3.43. The number of amides is 2. The molecular formula is C19H23N7O3S. The van der Waals surface area contributed by atoms with Crippen molar-refractivity contribution in [3.05, 3.63) is 41.3 Å². The number of hydrogen-bond acceptors (Lipinski definition) is 9. The number of carbonyl (C=O) groups excluding carboxylic acids is 2. The molecule has 0 atom stereocenters. The molecule has 0 aliphatic carbocycles. The summed E-state index contributed by atoms with van der Waals surface area (Å²) in [5, 5.41) is 18.3. The number of hydrogen-bond donors (Lipinski definition) is 4. The van der Waals surface area contributed by atoms with Gasteiger partial charge < -0.3 is 25.6 Å². The van der Waals surface area contributed by atoms with E-state index < -0.39 is 11.8 Å². The summed E-state index contributed by atoms with van der Waals surface area (Å²) in [6.45, 7) is 1.62. The van der Waals surface area contributed by atoms with Crippen LogP contribution >= 0.6 is 11.3 Å². The third-order valence-electron chi connectivity index (χ3n) is 4.26. The molecule has 0 saturated heterocycles. The molecule has 11 heteroatoms. The van der Waals surface area contributed by atoms with E-state index >= 15 is 0 Å². The van der Waals surface area contributed by atoms with Crippen molar-refractivity contribution in [1.29, 1.82) is 5.41 Å². The minimum atomic E-state index is -0.614. The second kappa shape index (κ2) is 9.94. The number of ether oxygens (including phenoxy) is 1. The highest BCUT2D eigenvalue weighted by atomic mass is 32.1. The monoisotopic (exact) mass is 429 g/mol. The van der Waals surface area contributed by atoms with Crippen LogP contribution in [0.1, 0.15) is 10.5 Å². The van der Waals surface area contributed by atoms with Gasteiger partial charge in [0.15, 0.2) is 0 Å². The summed E-state index contributed by atoms with van der Waals surface area (Å²) >= 11 is 1.33. The Morgan fingerprint density at radius 2 is 2.17 bits per heavy atom. The topological polar surface area (TPSA) is 132 Å². The minimum absolute atomic E-state index is 0.0457. The lowest BCUT2D eigenvalue weighted by atomic mass is 10.2. The normalized spacial score (nSPS) is 17.7. The summed E-state index contributed by atoms with van der Waals surface area (Å²) in [5.41, 5.74) is 0.722. The number of nitrogens with one attached hydrogen (secondary N) is 4. The lowest BCUT2D eigenvalue weighted by Crippen LogP contribution is -2.39. The van der Waals surface area contributed by atoms with E-state index in [4.69, 9.17) is 10.1 Å². The van der Waals surface area contributed by atoms with Crippen molar-refractivity contribution in [1.82, 2.24) is 25.9 Å². The lowest BCUT2D eigenvalue weighted by molar-refractivity contribution is -0.115. The van der Waals surface area contributed by atoms with Crippen LogP contribution in [0.4, 0.5) is 5.82 Å². The van der Waals surface area contributed by atoms with Crippen LogP contribution in [0.3, 0.4) is 0 Å². The van der Waals surface area contributed by atoms with E-state index in [0.29, 0.717) is 24.8 Å². The molecule has 0 aromatic carbocycles. The van der Waals surface area contributed by atoms with Crippen molar-refractivity contribution in [3.8, 4) is 10.6 Å². The lowest BCUT2D eigenvalue weighted by Gasteiger charge is -2.18. The van der Waals surface area contributed by atoms with Crippen molar-refractivity contribution < 1.29 is 14.3 Å². The first-order valence-corrected chi connectivity index (χ1v) is 10.1. The van der Waals surface area contributed by atoms with Crippen LogP contribution in [0.15, 0.2) is 35.6 Å². The molecule has 4 N–H and O–H groups in total. The number of aromatic nitrogens is 2. The first kappa shape index (κ1) is 21.4. The number of carbonyl (C=O) groups is 2. The van der Waals surface area contributed by atoms with Gasteiger partial charge in [0.25, 0.3) is 11.8 Å². The molecule has 10 nitrogen and oxygen atoms in total. The van der Waals surface area contributed by atoms with Gasteiger partial charge in [0.05, 0.1) is 18.9 Å². The molecule has 2 aromatic rings. The number of rotatable bonds is 1. The fourth-order valence-electron chi connectivity index (χ4n) is 2.64. The van der Waals surface area contributed by atoms with E-state index in [1.807, 2.05) is 24.1 Å². The quantitative estimate of drug-likeness (QED) is 0.522. The molecule has 30 heavy (non-hydrogen) atoms. The summed E-state index contributed by atoms with van der Waals surface area (Å²) < 4.78 is 5.56. The largest absolute Gasteiger partial charge is 0.392 e. The van der Waals surface area contributed by atoms with E-state index in [0.717, 1.165) is 11.4 Å². The molecule has 158 valence electrons. The summed E-state index contributed by atoms with van der Waals surface area (Å²) in [6.07, 6.45) is 3.08. The van der Waals surface area contributed by atoms with Gasteiger partial charge in [-0.25, -0.2) is 9.97 Å². The molecule has 2 amide bonds. The third-order valence-corrected chi connectivity index (χ3v) is 5.15. The Morgan fingerprint density at radius 1 is 1.33 bits per heavy atom. The fraction of sp³-hybridized carbons (Fsp3) is 0.316. The van der Waals surface area contributed by atoms with Gasteiger partial charge in [0.1, 0.15) is 22.2 Å². The number of fused-ring (bicyclic) bond motifs is 5. The highest BCUT2D eigenvalue weighted by Crippen LogP contribution is 2.26. The predicted octanol–water partition coefficient (Wildman–Crippen LogP) is 0.598. The van der Waals surface area contributed by atoms with Gasteiger partial charge in [-0.1, -0.05) is 0 Å². The Morgan fingerprint density at radius 3 is 2.97 bits per heavy atom. The van der Waals surface area contributed by atoms with E-state index in [-0.39, 0.29) is 23.6 Å². The summed E-state index contributed by atoms with van der Waals surface area (Å²) in [6, 6.07) is 3.74.